The first-order chi connectivity index (χ1) is 14.3. The molecule has 162 valence electrons. The Kier molecular flexibility index (Phi) is 6.80. The summed E-state index contributed by atoms with van der Waals surface area (Å²) in [7, 11) is 1.45. The number of methoxy groups -OCH3 is 1. The van der Waals surface area contributed by atoms with Crippen molar-refractivity contribution in [2.75, 3.05) is 13.7 Å². The summed E-state index contributed by atoms with van der Waals surface area (Å²) in [5.74, 6) is 0.354. The van der Waals surface area contributed by atoms with Crippen LogP contribution in [0.4, 0.5) is 0 Å². The molecule has 0 amide bonds. The molecule has 1 saturated heterocycles. The number of rotatable bonds is 6. The zero-order valence-electron chi connectivity index (χ0n) is 16.1. The van der Waals surface area contributed by atoms with Crippen LogP contribution < -0.4 is 9.47 Å². The maximum Gasteiger partial charge on any atom is 0.229 e. The Morgan fingerprint density at radius 3 is 2.33 bits per heavy atom. The molecule has 0 aromatic heterocycles. The number of aromatic hydroxyl groups is 2. The van der Waals surface area contributed by atoms with Gasteiger partial charge >= 0.3 is 0 Å². The van der Waals surface area contributed by atoms with Gasteiger partial charge < -0.3 is 44.8 Å². The fourth-order valence-electron chi connectivity index (χ4n) is 3.07. The third kappa shape index (κ3) is 4.84. The van der Waals surface area contributed by atoms with Crippen molar-refractivity contribution in [1.29, 1.82) is 0 Å². The lowest BCUT2D eigenvalue weighted by atomic mass is 9.99. The van der Waals surface area contributed by atoms with Crippen molar-refractivity contribution in [3.05, 3.63) is 47.5 Å². The monoisotopic (exact) mass is 420 g/mol. The standard InChI is InChI=1S/C21H24O9/c1-28-16-5-4-11(8-15(16)24)2-3-12-6-13(23)9-14(7-12)29-21-20(27)19(26)18(25)17(10-22)30-21/h2-9,17-27H,10H2,1H3/t17-,18-,19+,20-,21+/m0/s1. The molecule has 0 bridgehead atoms. The number of aliphatic hydroxyl groups is 4. The Morgan fingerprint density at radius 1 is 0.933 bits per heavy atom. The topological polar surface area (TPSA) is 149 Å². The normalized spacial score (nSPS) is 26.6. The van der Waals surface area contributed by atoms with E-state index in [0.29, 0.717) is 16.9 Å². The molecule has 0 spiro atoms. The lowest BCUT2D eigenvalue weighted by Crippen LogP contribution is -2.60. The highest BCUT2D eigenvalue weighted by Gasteiger charge is 2.44. The van der Waals surface area contributed by atoms with E-state index in [1.807, 2.05) is 0 Å². The molecule has 1 aliphatic rings. The number of phenolic OH excluding ortho intramolecular Hbond substituents is 2. The van der Waals surface area contributed by atoms with Gasteiger partial charge in [0, 0.05) is 6.07 Å². The van der Waals surface area contributed by atoms with Crippen LogP contribution in [0.2, 0.25) is 0 Å². The SMILES string of the molecule is COc1ccc(C=Cc2cc(O)cc(O[C@@H]3O[C@@H](CO)[C@H](O)[C@@H](O)[C@@H]3O)c2)cc1O. The van der Waals surface area contributed by atoms with Crippen molar-refractivity contribution >= 4 is 12.2 Å². The van der Waals surface area contributed by atoms with Gasteiger partial charge in [0.15, 0.2) is 11.5 Å². The van der Waals surface area contributed by atoms with Crippen LogP contribution in [-0.2, 0) is 4.74 Å². The van der Waals surface area contributed by atoms with E-state index in [4.69, 9.17) is 14.2 Å². The van der Waals surface area contributed by atoms with Crippen molar-refractivity contribution in [3.8, 4) is 23.0 Å². The number of benzene rings is 2. The number of aliphatic hydroxyl groups excluding tert-OH is 4. The number of hydrogen-bond donors (Lipinski definition) is 6. The van der Waals surface area contributed by atoms with Gasteiger partial charge in [-0.3, -0.25) is 0 Å². The second-order valence-electron chi connectivity index (χ2n) is 6.84. The minimum atomic E-state index is -1.57. The van der Waals surface area contributed by atoms with Crippen LogP contribution in [0.5, 0.6) is 23.0 Å². The largest absolute Gasteiger partial charge is 0.508 e. The molecule has 2 aromatic carbocycles. The summed E-state index contributed by atoms with van der Waals surface area (Å²) < 4.78 is 15.8. The molecule has 3 rings (SSSR count). The average molecular weight is 420 g/mol. The maximum absolute atomic E-state index is 10.1. The van der Waals surface area contributed by atoms with Crippen LogP contribution in [0.3, 0.4) is 0 Å². The molecule has 1 heterocycles. The molecular weight excluding hydrogens is 396 g/mol. The van der Waals surface area contributed by atoms with Crippen molar-refractivity contribution in [3.63, 3.8) is 0 Å². The molecular formula is C21H24O9. The van der Waals surface area contributed by atoms with E-state index in [1.165, 1.54) is 25.3 Å². The molecule has 6 N–H and O–H groups in total. The van der Waals surface area contributed by atoms with Gasteiger partial charge in [0.2, 0.25) is 6.29 Å². The molecule has 0 radical (unpaired) electrons. The van der Waals surface area contributed by atoms with Gasteiger partial charge in [-0.2, -0.15) is 0 Å². The molecule has 9 nitrogen and oxygen atoms in total. The fourth-order valence-corrected chi connectivity index (χ4v) is 3.07. The van der Waals surface area contributed by atoms with Gasteiger partial charge in [-0.25, -0.2) is 0 Å². The summed E-state index contributed by atoms with van der Waals surface area (Å²) in [5.41, 5.74) is 1.23. The molecule has 0 unspecified atom stereocenters. The van der Waals surface area contributed by atoms with Crippen LogP contribution in [0.15, 0.2) is 36.4 Å². The van der Waals surface area contributed by atoms with Crippen LogP contribution in [-0.4, -0.2) is 75.1 Å². The van der Waals surface area contributed by atoms with Gasteiger partial charge in [0.05, 0.1) is 13.7 Å². The summed E-state index contributed by atoms with van der Waals surface area (Å²) >= 11 is 0. The van der Waals surface area contributed by atoms with Gasteiger partial charge in [-0.15, -0.1) is 0 Å². The predicted octanol–water partition coefficient (Wildman–Crippen LogP) is 0.455. The van der Waals surface area contributed by atoms with Gasteiger partial charge in [-0.1, -0.05) is 18.2 Å². The Balaban J connectivity index is 1.77. The first-order valence-corrected chi connectivity index (χ1v) is 9.18. The van der Waals surface area contributed by atoms with E-state index < -0.39 is 37.3 Å². The maximum atomic E-state index is 10.1. The first kappa shape index (κ1) is 21.9. The van der Waals surface area contributed by atoms with Gasteiger partial charge in [0.25, 0.3) is 0 Å². The molecule has 30 heavy (non-hydrogen) atoms. The predicted molar refractivity (Wildman–Crippen MR) is 106 cm³/mol. The molecule has 1 fully saturated rings. The fraction of sp³-hybridized carbons (Fsp3) is 0.333. The molecule has 9 heteroatoms. The first-order valence-electron chi connectivity index (χ1n) is 9.18. The molecule has 2 aromatic rings. The van der Waals surface area contributed by atoms with Gasteiger partial charge in [0.1, 0.15) is 35.9 Å². The summed E-state index contributed by atoms with van der Waals surface area (Å²) in [4.78, 5) is 0. The second-order valence-corrected chi connectivity index (χ2v) is 6.84. The van der Waals surface area contributed by atoms with Crippen LogP contribution in [0.25, 0.3) is 12.2 Å². The number of hydrogen-bond acceptors (Lipinski definition) is 9. The number of phenols is 2. The third-order valence-corrected chi connectivity index (χ3v) is 4.69. The van der Waals surface area contributed by atoms with Crippen LogP contribution in [0, 0.1) is 0 Å². The van der Waals surface area contributed by atoms with E-state index in [1.54, 1.807) is 30.4 Å². The van der Waals surface area contributed by atoms with Crippen molar-refractivity contribution < 1.29 is 44.8 Å². The Bertz CT molecular complexity index is 896. The van der Waals surface area contributed by atoms with E-state index in [9.17, 15) is 30.6 Å². The highest BCUT2D eigenvalue weighted by atomic mass is 16.7. The quantitative estimate of drug-likeness (QED) is 0.366. The zero-order chi connectivity index (χ0) is 21.8. The summed E-state index contributed by atoms with van der Waals surface area (Å²) in [6, 6.07) is 9.19. The van der Waals surface area contributed by atoms with Gasteiger partial charge in [-0.05, 0) is 35.4 Å². The third-order valence-electron chi connectivity index (χ3n) is 4.69. The highest BCUT2D eigenvalue weighted by Crippen LogP contribution is 2.30. The summed E-state index contributed by atoms with van der Waals surface area (Å²) in [6.45, 7) is -0.576. The zero-order valence-corrected chi connectivity index (χ0v) is 16.1. The van der Waals surface area contributed by atoms with E-state index in [-0.39, 0.29) is 17.2 Å². The molecule has 0 aliphatic carbocycles. The average Bonchev–Trinajstić information content (AvgIpc) is 2.72. The summed E-state index contributed by atoms with van der Waals surface area (Å²) in [6.07, 6.45) is -3.72. The minimum absolute atomic E-state index is 0.0119. The van der Waals surface area contributed by atoms with E-state index in [2.05, 4.69) is 0 Å². The van der Waals surface area contributed by atoms with Crippen molar-refractivity contribution in [2.24, 2.45) is 0 Å². The summed E-state index contributed by atoms with van der Waals surface area (Å²) in [5, 5.41) is 58.9. The van der Waals surface area contributed by atoms with E-state index in [0.717, 1.165) is 0 Å². The Morgan fingerprint density at radius 2 is 1.67 bits per heavy atom. The van der Waals surface area contributed by atoms with Crippen LogP contribution in [0.1, 0.15) is 11.1 Å². The Labute approximate surface area is 172 Å². The molecule has 0 saturated carbocycles. The molecule has 5 atom stereocenters. The lowest BCUT2D eigenvalue weighted by Gasteiger charge is -2.39. The lowest BCUT2D eigenvalue weighted by molar-refractivity contribution is -0.277. The second kappa shape index (κ2) is 9.33. The Hall–Kier alpha value is -2.82. The van der Waals surface area contributed by atoms with Crippen molar-refractivity contribution in [2.45, 2.75) is 30.7 Å². The molecule has 1 aliphatic heterocycles. The smallest absolute Gasteiger partial charge is 0.229 e. The van der Waals surface area contributed by atoms with Crippen LogP contribution >= 0.6 is 0 Å². The minimum Gasteiger partial charge on any atom is -0.508 e. The highest BCUT2D eigenvalue weighted by molar-refractivity contribution is 5.72. The van der Waals surface area contributed by atoms with Crippen molar-refractivity contribution in [1.82, 2.24) is 0 Å². The van der Waals surface area contributed by atoms with E-state index >= 15 is 0 Å². The number of ether oxygens (including phenoxy) is 3.